The van der Waals surface area contributed by atoms with Gasteiger partial charge in [-0.1, -0.05) is 152 Å². The zero-order valence-electron chi connectivity index (χ0n) is 27.0. The zero-order chi connectivity index (χ0) is 32.8. The molecule has 2 aliphatic rings. The maximum atomic E-state index is 5.02. The van der Waals surface area contributed by atoms with Crippen LogP contribution in [0.15, 0.2) is 170 Å². The number of fused-ring (bicyclic) bond motifs is 13. The molecule has 0 atom stereocenters. The molecule has 2 aliphatic carbocycles. The Labute approximate surface area is 289 Å². The monoisotopic (exact) mass is 636 g/mol. The molecule has 11 rings (SSSR count). The fraction of sp³-hybridized carbons (Fsp3) is 0.0217. The molecular weight excluding hydrogens is 609 g/mol. The zero-order valence-corrected chi connectivity index (χ0v) is 27.0. The Morgan fingerprint density at radius 3 is 1.70 bits per heavy atom. The average molecular weight is 637 g/mol. The second kappa shape index (κ2) is 10.2. The van der Waals surface area contributed by atoms with Crippen molar-refractivity contribution in [3.63, 3.8) is 0 Å². The van der Waals surface area contributed by atoms with E-state index in [9.17, 15) is 0 Å². The lowest BCUT2D eigenvalue weighted by atomic mass is 9.70. The molecule has 0 bridgehead atoms. The number of hydrogen-bond donors (Lipinski definition) is 0. The van der Waals surface area contributed by atoms with E-state index in [1.54, 1.807) is 0 Å². The highest BCUT2D eigenvalue weighted by Crippen LogP contribution is 2.62. The van der Waals surface area contributed by atoms with Crippen LogP contribution in [0.25, 0.3) is 72.7 Å². The first-order valence-electron chi connectivity index (χ1n) is 17.0. The largest absolute Gasteiger partial charge is 0.253 e. The van der Waals surface area contributed by atoms with Crippen molar-refractivity contribution in [2.45, 2.75) is 5.41 Å². The van der Waals surface area contributed by atoms with Gasteiger partial charge in [0.25, 0.3) is 5.78 Å². The maximum absolute atomic E-state index is 5.02. The summed E-state index contributed by atoms with van der Waals surface area (Å²) < 4.78 is 1.87. The molecule has 4 nitrogen and oxygen atoms in total. The quantitative estimate of drug-likeness (QED) is 0.194. The van der Waals surface area contributed by atoms with E-state index in [2.05, 4.69) is 140 Å². The summed E-state index contributed by atoms with van der Waals surface area (Å²) in [4.78, 5) is 9.99. The fourth-order valence-electron chi connectivity index (χ4n) is 8.61. The highest BCUT2D eigenvalue weighted by Gasteiger charge is 2.51. The molecule has 0 unspecified atom stereocenters. The lowest BCUT2D eigenvalue weighted by Gasteiger charge is -2.30. The van der Waals surface area contributed by atoms with Crippen molar-refractivity contribution in [1.82, 2.24) is 19.6 Å². The van der Waals surface area contributed by atoms with Crippen LogP contribution in [0.4, 0.5) is 0 Å². The minimum atomic E-state index is -0.339. The van der Waals surface area contributed by atoms with Crippen molar-refractivity contribution in [3.8, 4) is 56.0 Å². The van der Waals surface area contributed by atoms with Gasteiger partial charge in [0.1, 0.15) is 0 Å². The van der Waals surface area contributed by atoms with Crippen molar-refractivity contribution >= 4 is 16.7 Å². The summed E-state index contributed by atoms with van der Waals surface area (Å²) in [6.07, 6.45) is 0. The minimum Gasteiger partial charge on any atom is -0.210 e. The topological polar surface area (TPSA) is 43.1 Å². The van der Waals surface area contributed by atoms with Crippen LogP contribution < -0.4 is 0 Å². The van der Waals surface area contributed by atoms with Gasteiger partial charge in [-0.3, -0.25) is 0 Å². The van der Waals surface area contributed by atoms with Crippen molar-refractivity contribution in [2.24, 2.45) is 0 Å². The third-order valence-electron chi connectivity index (χ3n) is 10.7. The Morgan fingerprint density at radius 1 is 0.400 bits per heavy atom. The van der Waals surface area contributed by atoms with Gasteiger partial charge in [-0.15, -0.1) is 5.10 Å². The molecule has 50 heavy (non-hydrogen) atoms. The molecule has 7 aromatic carbocycles. The van der Waals surface area contributed by atoms with Crippen LogP contribution in [0.5, 0.6) is 0 Å². The van der Waals surface area contributed by atoms with E-state index in [1.165, 1.54) is 44.5 Å². The van der Waals surface area contributed by atoms with Gasteiger partial charge < -0.3 is 0 Å². The number of rotatable bonds is 3. The number of hydrogen-bond acceptors (Lipinski definition) is 3. The number of para-hydroxylation sites is 1. The third-order valence-corrected chi connectivity index (χ3v) is 10.7. The van der Waals surface area contributed by atoms with Gasteiger partial charge >= 0.3 is 0 Å². The molecule has 0 amide bonds. The Hall–Kier alpha value is -6.65. The molecule has 0 fully saturated rings. The van der Waals surface area contributed by atoms with Crippen molar-refractivity contribution < 1.29 is 0 Å². The van der Waals surface area contributed by atoms with E-state index in [0.717, 1.165) is 38.9 Å². The van der Waals surface area contributed by atoms with Gasteiger partial charge in [0.05, 0.1) is 16.6 Å². The van der Waals surface area contributed by atoms with Crippen LogP contribution in [-0.4, -0.2) is 19.6 Å². The Morgan fingerprint density at radius 2 is 0.960 bits per heavy atom. The van der Waals surface area contributed by atoms with Crippen molar-refractivity contribution in [3.05, 3.63) is 192 Å². The van der Waals surface area contributed by atoms with Gasteiger partial charge in [-0.25, -0.2) is 4.98 Å². The Bertz CT molecular complexity index is 2780. The summed E-state index contributed by atoms with van der Waals surface area (Å²) in [5, 5.41) is 6.04. The lowest BCUT2D eigenvalue weighted by molar-refractivity contribution is 0.794. The fourth-order valence-corrected chi connectivity index (χ4v) is 8.61. The molecule has 0 saturated heterocycles. The number of nitrogens with zero attached hydrogens (tertiary/aromatic N) is 4. The van der Waals surface area contributed by atoms with Gasteiger partial charge in [0.2, 0.25) is 0 Å². The highest BCUT2D eigenvalue weighted by molar-refractivity contribution is 5.96. The average Bonchev–Trinajstić information content (AvgIpc) is 3.85. The molecule has 0 aliphatic heterocycles. The Kier molecular flexibility index (Phi) is 5.56. The molecule has 1 spiro atoms. The second-order valence-corrected chi connectivity index (χ2v) is 13.2. The van der Waals surface area contributed by atoms with E-state index in [1.807, 2.05) is 34.8 Å². The van der Waals surface area contributed by atoms with E-state index in [0.29, 0.717) is 11.6 Å². The van der Waals surface area contributed by atoms with Crippen molar-refractivity contribution in [2.75, 3.05) is 0 Å². The van der Waals surface area contributed by atoms with Crippen LogP contribution in [0, 0.1) is 0 Å². The summed E-state index contributed by atoms with van der Waals surface area (Å²) in [7, 11) is 0. The first-order chi connectivity index (χ1) is 24.8. The summed E-state index contributed by atoms with van der Waals surface area (Å²) in [5.41, 5.74) is 16.5. The van der Waals surface area contributed by atoms with E-state index in [-0.39, 0.29) is 5.41 Å². The number of aromatic nitrogens is 4. The highest BCUT2D eigenvalue weighted by atomic mass is 15.3. The van der Waals surface area contributed by atoms with Gasteiger partial charge in [0, 0.05) is 16.5 Å². The number of benzene rings is 7. The molecule has 2 aromatic heterocycles. The summed E-state index contributed by atoms with van der Waals surface area (Å²) >= 11 is 0. The standard InChI is InChI=1S/C46H28N4/c1-2-13-29(14-3-1)43-36-20-7-11-24-42(36)50-45(47-43)48-44(49-50)32-16-12-15-30(27-32)31-25-26-41-37(28-31)35-19-6-10-23-40(35)46(41)38-21-8-4-17-33(38)34-18-5-9-22-39(34)46/h1-28H. The Balaban J connectivity index is 1.06. The normalized spacial score (nSPS) is 13.4. The predicted molar refractivity (Wildman–Crippen MR) is 201 cm³/mol. The SMILES string of the molecule is c1ccc(-c2nc3nc(-c4cccc(-c5ccc6c(c5)-c5ccccc5C65c6ccccc6-c6ccccc65)c4)nn3c3ccccc23)cc1. The first-order valence-corrected chi connectivity index (χ1v) is 17.0. The molecule has 0 radical (unpaired) electrons. The molecule has 9 aromatic rings. The molecule has 232 valence electrons. The van der Waals surface area contributed by atoms with Crippen molar-refractivity contribution in [1.29, 1.82) is 0 Å². The summed E-state index contributed by atoms with van der Waals surface area (Å²) in [6.45, 7) is 0. The van der Waals surface area contributed by atoms with Crippen LogP contribution >= 0.6 is 0 Å². The molecule has 0 N–H and O–H groups in total. The summed E-state index contributed by atoms with van der Waals surface area (Å²) in [5.74, 6) is 1.24. The predicted octanol–water partition coefficient (Wildman–Crippen LogP) is 10.6. The first kappa shape index (κ1) is 27.3. The maximum Gasteiger partial charge on any atom is 0.253 e. The second-order valence-electron chi connectivity index (χ2n) is 13.2. The van der Waals surface area contributed by atoms with Gasteiger partial charge in [-0.05, 0) is 73.8 Å². The van der Waals surface area contributed by atoms with E-state index < -0.39 is 0 Å². The third kappa shape index (κ3) is 3.62. The lowest BCUT2D eigenvalue weighted by Crippen LogP contribution is -2.25. The van der Waals surface area contributed by atoms with E-state index in [4.69, 9.17) is 15.1 Å². The van der Waals surface area contributed by atoms with Gasteiger partial charge in [-0.2, -0.15) is 9.50 Å². The summed E-state index contributed by atoms with van der Waals surface area (Å²) in [6, 6.07) is 61.0. The minimum absolute atomic E-state index is 0.339. The van der Waals surface area contributed by atoms with Crippen LogP contribution in [0.2, 0.25) is 0 Å². The smallest absolute Gasteiger partial charge is 0.210 e. The van der Waals surface area contributed by atoms with Crippen LogP contribution in [0.3, 0.4) is 0 Å². The van der Waals surface area contributed by atoms with E-state index >= 15 is 0 Å². The molecule has 4 heteroatoms. The van der Waals surface area contributed by atoms with Gasteiger partial charge in [0.15, 0.2) is 5.82 Å². The molecule has 0 saturated carbocycles. The molecule has 2 heterocycles. The van der Waals surface area contributed by atoms with Crippen LogP contribution in [0.1, 0.15) is 22.3 Å². The van der Waals surface area contributed by atoms with Crippen LogP contribution in [-0.2, 0) is 5.41 Å². The molecular formula is C46H28N4.